The molecule has 3 aromatic rings. The highest BCUT2D eigenvalue weighted by Crippen LogP contribution is 2.25. The lowest BCUT2D eigenvalue weighted by Crippen LogP contribution is -2.27. The van der Waals surface area contributed by atoms with Crippen molar-refractivity contribution < 1.29 is 17.9 Å². The van der Waals surface area contributed by atoms with Crippen LogP contribution in [0.25, 0.3) is 0 Å². The Bertz CT molecular complexity index is 1200. The summed E-state index contributed by atoms with van der Waals surface area (Å²) in [5, 5.41) is 3.28. The molecule has 0 aliphatic rings. The van der Waals surface area contributed by atoms with Gasteiger partial charge in [-0.25, -0.2) is 8.42 Å². The predicted octanol–water partition coefficient (Wildman–Crippen LogP) is 5.18. The van der Waals surface area contributed by atoms with Gasteiger partial charge >= 0.3 is 0 Å². The van der Waals surface area contributed by atoms with E-state index in [4.69, 9.17) is 16.3 Å². The summed E-state index contributed by atoms with van der Waals surface area (Å²) in [6.07, 6.45) is 0. The zero-order valence-electron chi connectivity index (χ0n) is 16.8. The lowest BCUT2D eigenvalue weighted by atomic mass is 10.1. The molecule has 3 rings (SSSR count). The third-order valence-electron chi connectivity index (χ3n) is 4.54. The molecule has 6 nitrogen and oxygen atoms in total. The quantitative estimate of drug-likeness (QED) is 0.463. The summed E-state index contributed by atoms with van der Waals surface area (Å²) in [7, 11) is -0.788. The van der Waals surface area contributed by atoms with Gasteiger partial charge in [-0.3, -0.25) is 4.79 Å². The van der Waals surface area contributed by atoms with E-state index in [2.05, 4.69) is 21.2 Å². The SMILES string of the molecule is COc1ccc(C(=O)Nc2cccc(Br)c2)cc1CN(C)S(=O)(=O)c1ccc(Cl)cc1. The van der Waals surface area contributed by atoms with Crippen LogP contribution in [-0.2, 0) is 16.6 Å². The standard InChI is InChI=1S/C22H20BrClN2O4S/c1-26(31(28,29)20-9-7-18(24)8-10-20)14-16-12-15(6-11-21(16)30-2)22(27)25-19-5-3-4-17(23)13-19/h3-13H,14H2,1-2H3,(H,25,27). The van der Waals surface area contributed by atoms with Crippen LogP contribution in [0.5, 0.6) is 5.75 Å². The lowest BCUT2D eigenvalue weighted by molar-refractivity contribution is 0.102. The predicted molar refractivity (Wildman–Crippen MR) is 125 cm³/mol. The van der Waals surface area contributed by atoms with Crippen LogP contribution in [0.4, 0.5) is 5.69 Å². The Labute approximate surface area is 195 Å². The summed E-state index contributed by atoms with van der Waals surface area (Å²) in [5.41, 5.74) is 1.58. The van der Waals surface area contributed by atoms with Crippen LogP contribution in [0.2, 0.25) is 5.02 Å². The first-order valence-electron chi connectivity index (χ1n) is 9.16. The van der Waals surface area contributed by atoms with E-state index in [1.807, 2.05) is 12.1 Å². The maximum Gasteiger partial charge on any atom is 0.255 e. The largest absolute Gasteiger partial charge is 0.496 e. The van der Waals surface area contributed by atoms with E-state index in [9.17, 15) is 13.2 Å². The van der Waals surface area contributed by atoms with E-state index in [0.717, 1.165) is 4.47 Å². The number of rotatable bonds is 7. The highest BCUT2D eigenvalue weighted by atomic mass is 79.9. The van der Waals surface area contributed by atoms with Crippen LogP contribution in [0.15, 0.2) is 76.1 Å². The molecule has 0 atom stereocenters. The molecule has 162 valence electrons. The summed E-state index contributed by atoms with van der Waals surface area (Å²) in [6.45, 7) is 0.0200. The molecular weight excluding hydrogens is 504 g/mol. The van der Waals surface area contributed by atoms with E-state index < -0.39 is 10.0 Å². The number of hydrogen-bond donors (Lipinski definition) is 1. The van der Waals surface area contributed by atoms with Gasteiger partial charge in [-0.1, -0.05) is 33.6 Å². The molecule has 0 fully saturated rings. The molecule has 0 radical (unpaired) electrons. The van der Waals surface area contributed by atoms with Crippen LogP contribution in [0, 0.1) is 0 Å². The van der Waals surface area contributed by atoms with E-state index in [-0.39, 0.29) is 17.3 Å². The Kier molecular flexibility index (Phi) is 7.38. The van der Waals surface area contributed by atoms with Gasteiger partial charge in [-0.15, -0.1) is 0 Å². The van der Waals surface area contributed by atoms with Gasteiger partial charge in [0.2, 0.25) is 10.0 Å². The normalized spacial score (nSPS) is 11.4. The van der Waals surface area contributed by atoms with E-state index >= 15 is 0 Å². The van der Waals surface area contributed by atoms with Crippen molar-refractivity contribution in [3.63, 3.8) is 0 Å². The minimum atomic E-state index is -3.75. The van der Waals surface area contributed by atoms with Crippen LogP contribution in [-0.4, -0.2) is 32.8 Å². The fourth-order valence-corrected chi connectivity index (χ4v) is 4.60. The third kappa shape index (κ3) is 5.65. The maximum absolute atomic E-state index is 12.9. The number of hydrogen-bond acceptors (Lipinski definition) is 4. The molecule has 1 N–H and O–H groups in total. The van der Waals surface area contributed by atoms with E-state index in [1.165, 1.54) is 42.7 Å². The molecule has 0 saturated heterocycles. The molecule has 0 aromatic heterocycles. The van der Waals surface area contributed by atoms with Gasteiger partial charge in [0.05, 0.1) is 12.0 Å². The second kappa shape index (κ2) is 9.82. The number of carbonyl (C=O) groups is 1. The van der Waals surface area contributed by atoms with E-state index in [0.29, 0.717) is 27.6 Å². The average molecular weight is 524 g/mol. The van der Waals surface area contributed by atoms with Crippen molar-refractivity contribution >= 4 is 49.1 Å². The lowest BCUT2D eigenvalue weighted by Gasteiger charge is -2.19. The van der Waals surface area contributed by atoms with Crippen molar-refractivity contribution in [2.24, 2.45) is 0 Å². The number of nitrogens with one attached hydrogen (secondary N) is 1. The van der Waals surface area contributed by atoms with Gasteiger partial charge in [0, 0.05) is 39.9 Å². The number of halogens is 2. The highest BCUT2D eigenvalue weighted by Gasteiger charge is 2.22. The molecular formula is C22H20BrClN2O4S. The minimum Gasteiger partial charge on any atom is -0.496 e. The summed E-state index contributed by atoms with van der Waals surface area (Å²) in [6, 6.07) is 18.1. The summed E-state index contributed by atoms with van der Waals surface area (Å²) in [4.78, 5) is 12.8. The third-order valence-corrected chi connectivity index (χ3v) is 7.10. The second-order valence-electron chi connectivity index (χ2n) is 6.71. The molecule has 3 aromatic carbocycles. The first-order chi connectivity index (χ1) is 14.7. The molecule has 0 aliphatic carbocycles. The molecule has 0 bridgehead atoms. The maximum atomic E-state index is 12.9. The topological polar surface area (TPSA) is 75.7 Å². The van der Waals surface area contributed by atoms with Gasteiger partial charge in [-0.2, -0.15) is 4.31 Å². The first-order valence-corrected chi connectivity index (χ1v) is 11.8. The number of amides is 1. The molecule has 1 amide bonds. The smallest absolute Gasteiger partial charge is 0.255 e. The summed E-state index contributed by atoms with van der Waals surface area (Å²) < 4.78 is 33.2. The molecule has 0 aliphatic heterocycles. The Morgan fingerprint density at radius 3 is 2.45 bits per heavy atom. The van der Waals surface area contributed by atoms with Crippen molar-refractivity contribution in [2.45, 2.75) is 11.4 Å². The summed E-state index contributed by atoms with van der Waals surface area (Å²) >= 11 is 9.23. The van der Waals surface area contributed by atoms with Gasteiger partial charge in [0.15, 0.2) is 0 Å². The Morgan fingerprint density at radius 1 is 1.10 bits per heavy atom. The van der Waals surface area contributed by atoms with Crippen molar-refractivity contribution in [1.29, 1.82) is 0 Å². The number of sulfonamides is 1. The average Bonchev–Trinajstić information content (AvgIpc) is 2.74. The summed E-state index contributed by atoms with van der Waals surface area (Å²) in [5.74, 6) is 0.169. The van der Waals surface area contributed by atoms with Crippen molar-refractivity contribution in [3.8, 4) is 5.75 Å². The molecule has 0 spiro atoms. The van der Waals surface area contributed by atoms with Crippen molar-refractivity contribution in [1.82, 2.24) is 4.31 Å². The minimum absolute atomic E-state index is 0.0200. The van der Waals surface area contributed by atoms with Crippen molar-refractivity contribution in [3.05, 3.63) is 87.4 Å². The zero-order valence-corrected chi connectivity index (χ0v) is 20.0. The van der Waals surface area contributed by atoms with Crippen LogP contribution < -0.4 is 10.1 Å². The van der Waals surface area contributed by atoms with Crippen LogP contribution in [0.3, 0.4) is 0 Å². The Balaban J connectivity index is 1.85. The Morgan fingerprint density at radius 2 is 1.81 bits per heavy atom. The fourth-order valence-electron chi connectivity index (χ4n) is 2.92. The number of carbonyl (C=O) groups excluding carboxylic acids is 1. The van der Waals surface area contributed by atoms with Crippen molar-refractivity contribution in [2.75, 3.05) is 19.5 Å². The van der Waals surface area contributed by atoms with Gasteiger partial charge in [-0.05, 0) is 60.7 Å². The number of anilines is 1. The number of nitrogens with zero attached hydrogens (tertiary/aromatic N) is 1. The Hall–Kier alpha value is -2.39. The first kappa shape index (κ1) is 23.3. The number of ether oxygens (including phenoxy) is 1. The fraction of sp³-hybridized carbons (Fsp3) is 0.136. The molecule has 9 heteroatoms. The number of benzene rings is 3. The van der Waals surface area contributed by atoms with E-state index in [1.54, 1.807) is 30.3 Å². The molecule has 31 heavy (non-hydrogen) atoms. The molecule has 0 unspecified atom stereocenters. The number of methoxy groups -OCH3 is 1. The monoisotopic (exact) mass is 522 g/mol. The molecule has 0 heterocycles. The van der Waals surface area contributed by atoms with Gasteiger partial charge in [0.1, 0.15) is 5.75 Å². The van der Waals surface area contributed by atoms with Crippen LogP contribution >= 0.6 is 27.5 Å². The van der Waals surface area contributed by atoms with Gasteiger partial charge in [0.25, 0.3) is 5.91 Å². The second-order valence-corrected chi connectivity index (χ2v) is 10.1. The van der Waals surface area contributed by atoms with Crippen LogP contribution in [0.1, 0.15) is 15.9 Å². The zero-order chi connectivity index (χ0) is 22.6. The van der Waals surface area contributed by atoms with Gasteiger partial charge < -0.3 is 10.1 Å². The molecule has 0 saturated carbocycles. The highest BCUT2D eigenvalue weighted by molar-refractivity contribution is 9.10.